The lowest BCUT2D eigenvalue weighted by molar-refractivity contribution is -0.197. The van der Waals surface area contributed by atoms with Crippen molar-refractivity contribution in [2.45, 2.75) is 77.9 Å². The summed E-state index contributed by atoms with van der Waals surface area (Å²) in [6.45, 7) is 15.6. The van der Waals surface area contributed by atoms with Crippen molar-refractivity contribution < 1.29 is 4.74 Å². The number of rotatable bonds is 4. The van der Waals surface area contributed by atoms with Crippen LogP contribution in [0.2, 0.25) is 0 Å². The molecule has 0 amide bonds. The molecule has 0 N–H and O–H groups in total. The third-order valence-corrected chi connectivity index (χ3v) is 6.91. The Morgan fingerprint density at radius 1 is 1.24 bits per heavy atom. The molecule has 0 radical (unpaired) electrons. The molecule has 1 heteroatoms. The second-order valence-corrected chi connectivity index (χ2v) is 8.67. The van der Waals surface area contributed by atoms with Gasteiger partial charge in [-0.05, 0) is 83.0 Å². The summed E-state index contributed by atoms with van der Waals surface area (Å²) in [4.78, 5) is 0. The minimum Gasteiger partial charge on any atom is -0.364 e. The van der Waals surface area contributed by atoms with Crippen LogP contribution < -0.4 is 0 Å². The van der Waals surface area contributed by atoms with Gasteiger partial charge in [0.2, 0.25) is 0 Å². The summed E-state index contributed by atoms with van der Waals surface area (Å²) in [6.07, 6.45) is 10.8. The van der Waals surface area contributed by atoms with Crippen LogP contribution in [0.15, 0.2) is 24.3 Å². The number of ether oxygens (including phenoxy) is 1. The molecule has 1 nitrogen and oxygen atoms in total. The van der Waals surface area contributed by atoms with Gasteiger partial charge in [-0.2, -0.15) is 0 Å². The SMILES string of the molecule is C=C[C@]1(C)CC[C@@H]2[C@](C)(CCC=C(C)C)[C@@H]3C[C@@H]3[C@]2(C)O1. The third kappa shape index (κ3) is 2.23. The normalized spacial score (nSPS) is 51.0. The molecule has 21 heavy (non-hydrogen) atoms. The lowest BCUT2D eigenvalue weighted by Gasteiger charge is -2.51. The molecule has 3 aliphatic rings. The topological polar surface area (TPSA) is 9.23 Å². The van der Waals surface area contributed by atoms with Gasteiger partial charge in [0.25, 0.3) is 0 Å². The molecule has 2 aliphatic carbocycles. The van der Waals surface area contributed by atoms with Gasteiger partial charge in [-0.15, -0.1) is 6.58 Å². The van der Waals surface area contributed by atoms with Crippen LogP contribution >= 0.6 is 0 Å². The first-order valence-corrected chi connectivity index (χ1v) is 8.72. The summed E-state index contributed by atoms with van der Waals surface area (Å²) in [7, 11) is 0. The van der Waals surface area contributed by atoms with Gasteiger partial charge >= 0.3 is 0 Å². The Labute approximate surface area is 130 Å². The Morgan fingerprint density at radius 3 is 2.57 bits per heavy atom. The maximum atomic E-state index is 6.68. The standard InChI is InChI=1S/C20H32O/c1-7-18(4)12-10-17-19(5,11-8-9-14(2)3)15-13-16(15)20(17,6)21-18/h7,9,15-17H,1,8,10-13H2,2-6H3/t15-,16+,17-,18-,19-,20+/m1/s1. The predicted octanol–water partition coefficient (Wildman–Crippen LogP) is 5.52. The van der Waals surface area contributed by atoms with Crippen molar-refractivity contribution in [2.24, 2.45) is 23.2 Å². The van der Waals surface area contributed by atoms with Gasteiger partial charge in [-0.1, -0.05) is 24.6 Å². The molecule has 3 fully saturated rings. The van der Waals surface area contributed by atoms with E-state index in [1.165, 1.54) is 31.3 Å². The highest BCUT2D eigenvalue weighted by molar-refractivity contribution is 5.23. The van der Waals surface area contributed by atoms with Crippen LogP contribution in [0.25, 0.3) is 0 Å². The van der Waals surface area contributed by atoms with E-state index in [-0.39, 0.29) is 11.2 Å². The van der Waals surface area contributed by atoms with Crippen LogP contribution in [0.1, 0.15) is 66.7 Å². The largest absolute Gasteiger partial charge is 0.364 e. The first-order valence-electron chi connectivity index (χ1n) is 8.72. The Bertz CT molecular complexity index is 474. The minimum absolute atomic E-state index is 0.0889. The van der Waals surface area contributed by atoms with E-state index in [0.29, 0.717) is 5.41 Å². The van der Waals surface area contributed by atoms with Gasteiger partial charge in [-0.3, -0.25) is 0 Å². The number of hydrogen-bond donors (Lipinski definition) is 0. The van der Waals surface area contributed by atoms with Crippen molar-refractivity contribution in [3.05, 3.63) is 24.3 Å². The maximum Gasteiger partial charge on any atom is 0.0839 e. The molecular formula is C20H32O. The van der Waals surface area contributed by atoms with Gasteiger partial charge in [0.05, 0.1) is 11.2 Å². The fourth-order valence-corrected chi connectivity index (χ4v) is 5.65. The molecule has 2 saturated carbocycles. The van der Waals surface area contributed by atoms with Crippen LogP contribution in [-0.2, 0) is 4.74 Å². The summed E-state index contributed by atoms with van der Waals surface area (Å²) >= 11 is 0. The van der Waals surface area contributed by atoms with Crippen molar-refractivity contribution in [3.63, 3.8) is 0 Å². The molecule has 0 aromatic heterocycles. The van der Waals surface area contributed by atoms with E-state index in [2.05, 4.69) is 47.3 Å². The van der Waals surface area contributed by atoms with Crippen LogP contribution in [0, 0.1) is 23.2 Å². The Hall–Kier alpha value is -0.560. The van der Waals surface area contributed by atoms with Crippen molar-refractivity contribution in [1.29, 1.82) is 0 Å². The van der Waals surface area contributed by atoms with Gasteiger partial charge < -0.3 is 4.74 Å². The fourth-order valence-electron chi connectivity index (χ4n) is 5.65. The quantitative estimate of drug-likeness (QED) is 0.619. The molecule has 118 valence electrons. The minimum atomic E-state index is -0.108. The van der Waals surface area contributed by atoms with Crippen molar-refractivity contribution in [3.8, 4) is 0 Å². The molecular weight excluding hydrogens is 256 g/mol. The van der Waals surface area contributed by atoms with Gasteiger partial charge in [0.15, 0.2) is 0 Å². The maximum absolute atomic E-state index is 6.68. The Morgan fingerprint density at radius 2 is 1.95 bits per heavy atom. The molecule has 6 atom stereocenters. The molecule has 0 aromatic rings. The van der Waals surface area contributed by atoms with E-state index in [9.17, 15) is 0 Å². The zero-order valence-electron chi connectivity index (χ0n) is 14.5. The van der Waals surface area contributed by atoms with E-state index in [4.69, 9.17) is 4.74 Å². The second-order valence-electron chi connectivity index (χ2n) is 8.67. The molecule has 3 rings (SSSR count). The van der Waals surface area contributed by atoms with Gasteiger partial charge in [0.1, 0.15) is 0 Å². The van der Waals surface area contributed by atoms with Crippen LogP contribution in [0.5, 0.6) is 0 Å². The molecule has 0 unspecified atom stereocenters. The van der Waals surface area contributed by atoms with Crippen LogP contribution in [-0.4, -0.2) is 11.2 Å². The summed E-state index contributed by atoms with van der Waals surface area (Å²) in [5.74, 6) is 2.41. The van der Waals surface area contributed by atoms with E-state index in [1.807, 2.05) is 6.08 Å². The van der Waals surface area contributed by atoms with E-state index in [0.717, 1.165) is 24.2 Å². The van der Waals surface area contributed by atoms with Crippen molar-refractivity contribution in [1.82, 2.24) is 0 Å². The first kappa shape index (κ1) is 15.3. The van der Waals surface area contributed by atoms with Crippen LogP contribution in [0.4, 0.5) is 0 Å². The highest BCUT2D eigenvalue weighted by Gasteiger charge is 2.72. The summed E-state index contributed by atoms with van der Waals surface area (Å²) < 4.78 is 6.68. The number of allylic oxidation sites excluding steroid dienone is 2. The van der Waals surface area contributed by atoms with Crippen molar-refractivity contribution in [2.75, 3.05) is 0 Å². The predicted molar refractivity (Wildman–Crippen MR) is 89.2 cm³/mol. The first-order chi connectivity index (χ1) is 9.75. The highest BCUT2D eigenvalue weighted by atomic mass is 16.5. The molecule has 0 spiro atoms. The summed E-state index contributed by atoms with van der Waals surface area (Å²) in [5.41, 5.74) is 1.91. The lowest BCUT2D eigenvalue weighted by Crippen LogP contribution is -2.52. The highest BCUT2D eigenvalue weighted by Crippen LogP contribution is 2.74. The number of fused-ring (bicyclic) bond motifs is 3. The van der Waals surface area contributed by atoms with E-state index in [1.54, 1.807) is 0 Å². The zero-order chi connectivity index (χ0) is 15.5. The molecule has 1 saturated heterocycles. The fraction of sp³-hybridized carbons (Fsp3) is 0.800. The molecule has 1 heterocycles. The van der Waals surface area contributed by atoms with Gasteiger partial charge in [0, 0.05) is 0 Å². The molecule has 1 aliphatic heterocycles. The Balaban J connectivity index is 1.81. The smallest absolute Gasteiger partial charge is 0.0839 e. The molecule has 0 aromatic carbocycles. The van der Waals surface area contributed by atoms with E-state index >= 15 is 0 Å². The summed E-state index contributed by atoms with van der Waals surface area (Å²) in [5, 5.41) is 0. The van der Waals surface area contributed by atoms with Crippen molar-refractivity contribution >= 4 is 0 Å². The monoisotopic (exact) mass is 288 g/mol. The van der Waals surface area contributed by atoms with Gasteiger partial charge in [-0.25, -0.2) is 0 Å². The van der Waals surface area contributed by atoms with Crippen LogP contribution in [0.3, 0.4) is 0 Å². The zero-order valence-corrected chi connectivity index (χ0v) is 14.5. The second kappa shape index (κ2) is 4.72. The average molecular weight is 288 g/mol. The van der Waals surface area contributed by atoms with E-state index < -0.39 is 0 Å². The molecule has 0 bridgehead atoms. The lowest BCUT2D eigenvalue weighted by atomic mass is 9.64. The Kier molecular flexibility index (Phi) is 3.44. The number of hydrogen-bond acceptors (Lipinski definition) is 1. The average Bonchev–Trinajstić information content (AvgIpc) is 3.16. The summed E-state index contributed by atoms with van der Waals surface area (Å²) in [6, 6.07) is 0. The third-order valence-electron chi connectivity index (χ3n) is 6.91.